The number of imidazole rings is 1. The van der Waals surface area contributed by atoms with Crippen LogP contribution in [0.25, 0.3) is 16.9 Å². The van der Waals surface area contributed by atoms with Crippen LogP contribution < -0.4 is 4.57 Å². The van der Waals surface area contributed by atoms with E-state index in [1.165, 1.54) is 44.8 Å². The maximum absolute atomic E-state index is 3.70. The van der Waals surface area contributed by atoms with E-state index in [4.69, 9.17) is 0 Å². The zero-order valence-electron chi connectivity index (χ0n) is 19.9. The van der Waals surface area contributed by atoms with Gasteiger partial charge in [-0.25, -0.2) is 4.98 Å². The van der Waals surface area contributed by atoms with Crippen LogP contribution in [-0.4, -0.2) is 4.98 Å². The van der Waals surface area contributed by atoms with Crippen molar-refractivity contribution in [3.63, 3.8) is 0 Å². The number of H-pyrrole nitrogens is 1. The Morgan fingerprint density at radius 2 is 1.63 bits per heavy atom. The number of rotatable bonds is 6. The summed E-state index contributed by atoms with van der Waals surface area (Å²) in [7, 11) is 0. The van der Waals surface area contributed by atoms with Gasteiger partial charge < -0.3 is 0 Å². The molecule has 0 fully saturated rings. The number of para-hydroxylation sites is 1. The fraction of sp³-hybridized carbons (Fsp3) is 0.393. The first-order chi connectivity index (χ1) is 14.2. The van der Waals surface area contributed by atoms with Gasteiger partial charge in [-0.05, 0) is 75.1 Å². The fourth-order valence-electron chi connectivity index (χ4n) is 4.65. The first kappa shape index (κ1) is 22.1. The lowest BCUT2D eigenvalue weighted by molar-refractivity contribution is -0.601. The number of hydrogen-bond donors (Lipinski definition) is 1. The number of aryl methyl sites for hydroxylation is 5. The molecule has 2 aromatic carbocycles. The lowest BCUT2D eigenvalue weighted by Gasteiger charge is -2.23. The molecule has 1 N–H and O–H groups in total. The number of nitrogens with one attached hydrogen (secondary N) is 1. The molecule has 158 valence electrons. The van der Waals surface area contributed by atoms with E-state index in [0.717, 1.165) is 12.2 Å². The van der Waals surface area contributed by atoms with Crippen molar-refractivity contribution in [2.45, 2.75) is 67.7 Å². The van der Waals surface area contributed by atoms with Crippen molar-refractivity contribution in [3.05, 3.63) is 82.3 Å². The molecule has 1 heterocycles. The smallest absolute Gasteiger partial charge is 0.241 e. The standard InChI is InChI=1S/C28H36N2/c1-9-10-12-19(3)23(7)25-16-18(2)15-22(6)27(25)26-17-30(24(8)29-26)28-20(4)13-11-14-21(28)5/h9-11,13-17,19,23H,12H2,1-8H3/p+1/b10-9+. The summed E-state index contributed by atoms with van der Waals surface area (Å²) < 4.78 is 2.32. The van der Waals surface area contributed by atoms with Crippen molar-refractivity contribution in [2.75, 3.05) is 0 Å². The van der Waals surface area contributed by atoms with E-state index in [1.807, 2.05) is 0 Å². The minimum Gasteiger partial charge on any atom is -0.241 e. The Bertz CT molecular complexity index is 1050. The summed E-state index contributed by atoms with van der Waals surface area (Å²) in [6.07, 6.45) is 7.84. The monoisotopic (exact) mass is 401 g/mol. The first-order valence-corrected chi connectivity index (χ1v) is 11.1. The summed E-state index contributed by atoms with van der Waals surface area (Å²) >= 11 is 0. The second kappa shape index (κ2) is 9.04. The van der Waals surface area contributed by atoms with Crippen LogP contribution in [0.15, 0.2) is 48.7 Å². The normalized spacial score (nSPS) is 13.7. The molecule has 0 saturated heterocycles. The highest BCUT2D eigenvalue weighted by molar-refractivity contribution is 5.68. The Hall–Kier alpha value is -2.61. The number of allylic oxidation sites excluding steroid dienone is 2. The number of hydrogen-bond acceptors (Lipinski definition) is 0. The van der Waals surface area contributed by atoms with Crippen molar-refractivity contribution >= 4 is 0 Å². The lowest BCUT2D eigenvalue weighted by Crippen LogP contribution is -2.33. The van der Waals surface area contributed by atoms with Gasteiger partial charge in [-0.1, -0.05) is 61.9 Å². The summed E-state index contributed by atoms with van der Waals surface area (Å²) in [6.45, 7) is 17.8. The van der Waals surface area contributed by atoms with Gasteiger partial charge in [0, 0.05) is 12.5 Å². The predicted molar refractivity (Wildman–Crippen MR) is 128 cm³/mol. The van der Waals surface area contributed by atoms with Crippen LogP contribution in [0.5, 0.6) is 0 Å². The highest BCUT2D eigenvalue weighted by Crippen LogP contribution is 2.37. The van der Waals surface area contributed by atoms with Crippen molar-refractivity contribution in [1.82, 2.24) is 4.98 Å². The molecule has 2 atom stereocenters. The summed E-state index contributed by atoms with van der Waals surface area (Å²) in [5.41, 5.74) is 10.5. The maximum atomic E-state index is 3.70. The molecular formula is C28H37N2+. The van der Waals surface area contributed by atoms with Crippen molar-refractivity contribution in [3.8, 4) is 16.9 Å². The van der Waals surface area contributed by atoms with Gasteiger partial charge in [0.05, 0.1) is 0 Å². The molecule has 0 saturated carbocycles. The predicted octanol–water partition coefficient (Wildman–Crippen LogP) is 7.21. The van der Waals surface area contributed by atoms with Crippen molar-refractivity contribution in [1.29, 1.82) is 0 Å². The zero-order valence-corrected chi connectivity index (χ0v) is 19.9. The molecular weight excluding hydrogens is 364 g/mol. The van der Waals surface area contributed by atoms with Gasteiger partial charge in [0.15, 0.2) is 5.69 Å². The van der Waals surface area contributed by atoms with Crippen LogP contribution in [0.4, 0.5) is 0 Å². The van der Waals surface area contributed by atoms with E-state index in [9.17, 15) is 0 Å². The van der Waals surface area contributed by atoms with Gasteiger partial charge in [-0.15, -0.1) is 0 Å². The third kappa shape index (κ3) is 4.28. The van der Waals surface area contributed by atoms with Gasteiger partial charge in [-0.2, -0.15) is 4.57 Å². The Balaban J connectivity index is 2.15. The second-order valence-electron chi connectivity index (χ2n) is 8.98. The Morgan fingerprint density at radius 1 is 0.967 bits per heavy atom. The van der Waals surface area contributed by atoms with Crippen LogP contribution in [0.1, 0.15) is 66.8 Å². The molecule has 2 nitrogen and oxygen atoms in total. The van der Waals surface area contributed by atoms with Gasteiger partial charge in [-0.3, -0.25) is 0 Å². The molecule has 2 unspecified atom stereocenters. The molecule has 0 amide bonds. The average molecular weight is 402 g/mol. The van der Waals surface area contributed by atoms with Gasteiger partial charge in [0.25, 0.3) is 5.82 Å². The third-order valence-corrected chi connectivity index (χ3v) is 6.48. The van der Waals surface area contributed by atoms with Crippen molar-refractivity contribution in [2.24, 2.45) is 5.92 Å². The lowest BCUT2D eigenvalue weighted by atomic mass is 9.81. The largest absolute Gasteiger partial charge is 0.256 e. The van der Waals surface area contributed by atoms with Crippen LogP contribution in [0.2, 0.25) is 0 Å². The molecule has 0 radical (unpaired) electrons. The molecule has 1 aromatic heterocycles. The first-order valence-electron chi connectivity index (χ1n) is 11.1. The van der Waals surface area contributed by atoms with E-state index in [-0.39, 0.29) is 0 Å². The van der Waals surface area contributed by atoms with E-state index >= 15 is 0 Å². The quantitative estimate of drug-likeness (QED) is 0.333. The molecule has 0 aliphatic heterocycles. The van der Waals surface area contributed by atoms with Gasteiger partial charge in [0.2, 0.25) is 0 Å². The molecule has 3 aromatic rings. The number of benzene rings is 2. The highest BCUT2D eigenvalue weighted by Gasteiger charge is 2.25. The minimum atomic E-state index is 0.479. The molecule has 0 bridgehead atoms. The Kier molecular flexibility index (Phi) is 6.65. The third-order valence-electron chi connectivity index (χ3n) is 6.48. The topological polar surface area (TPSA) is 19.7 Å². The van der Waals surface area contributed by atoms with Crippen LogP contribution in [0.3, 0.4) is 0 Å². The maximum Gasteiger partial charge on any atom is 0.256 e. The molecule has 0 aliphatic rings. The number of aromatic nitrogens is 2. The summed E-state index contributed by atoms with van der Waals surface area (Å²) in [6, 6.07) is 11.2. The van der Waals surface area contributed by atoms with E-state index in [1.54, 1.807) is 0 Å². The number of nitrogens with zero attached hydrogens (tertiary/aromatic N) is 1. The zero-order chi connectivity index (χ0) is 22.0. The van der Waals surface area contributed by atoms with Crippen LogP contribution in [-0.2, 0) is 0 Å². The Morgan fingerprint density at radius 3 is 2.27 bits per heavy atom. The van der Waals surface area contributed by atoms with E-state index < -0.39 is 0 Å². The summed E-state index contributed by atoms with van der Waals surface area (Å²) in [5.74, 6) is 2.22. The molecule has 0 aliphatic carbocycles. The van der Waals surface area contributed by atoms with Gasteiger partial charge >= 0.3 is 0 Å². The Labute approximate surface area is 182 Å². The number of aromatic amines is 1. The fourth-order valence-corrected chi connectivity index (χ4v) is 4.65. The average Bonchev–Trinajstić information content (AvgIpc) is 3.05. The van der Waals surface area contributed by atoms with E-state index in [2.05, 4.69) is 114 Å². The molecule has 30 heavy (non-hydrogen) atoms. The van der Waals surface area contributed by atoms with Gasteiger partial charge in [0.1, 0.15) is 11.9 Å². The van der Waals surface area contributed by atoms with Crippen molar-refractivity contribution < 1.29 is 4.57 Å². The second-order valence-corrected chi connectivity index (χ2v) is 8.98. The minimum absolute atomic E-state index is 0.479. The summed E-state index contributed by atoms with van der Waals surface area (Å²) in [4.78, 5) is 3.70. The molecule has 3 rings (SSSR count). The van der Waals surface area contributed by atoms with Crippen LogP contribution in [0, 0.1) is 40.5 Å². The van der Waals surface area contributed by atoms with Crippen LogP contribution >= 0.6 is 0 Å². The summed E-state index contributed by atoms with van der Waals surface area (Å²) in [5, 5.41) is 0. The van der Waals surface area contributed by atoms with E-state index in [0.29, 0.717) is 11.8 Å². The molecule has 2 heteroatoms. The SMILES string of the molecule is C/C=C/CC(C)C(C)c1cc(C)cc(C)c1-c1c[n+](-c2c(C)cccc2C)c(C)[nH]1. The molecule has 0 spiro atoms. The highest BCUT2D eigenvalue weighted by atomic mass is 15.1.